The number of hydrogen-bond acceptors (Lipinski definition) is 4. The van der Waals surface area contributed by atoms with Crippen molar-refractivity contribution in [2.45, 2.75) is 18.4 Å². The quantitative estimate of drug-likeness (QED) is 0.871. The van der Waals surface area contributed by atoms with Gasteiger partial charge in [-0.25, -0.2) is 0 Å². The Kier molecular flexibility index (Phi) is 4.86. The molecule has 1 saturated heterocycles. The van der Waals surface area contributed by atoms with Crippen molar-refractivity contribution in [3.8, 4) is 5.75 Å². The lowest BCUT2D eigenvalue weighted by atomic mass is 9.84. The Morgan fingerprint density at radius 1 is 1.07 bits per heavy atom. The van der Waals surface area contributed by atoms with Crippen molar-refractivity contribution in [2.75, 3.05) is 37.4 Å². The number of carbonyl (C=O) groups is 1. The number of methoxy groups -OCH3 is 1. The summed E-state index contributed by atoms with van der Waals surface area (Å²) < 4.78 is 5.18. The predicted octanol–water partition coefficient (Wildman–Crippen LogP) is 3.61. The number of piperidine rings is 1. The van der Waals surface area contributed by atoms with E-state index < -0.39 is 5.54 Å². The van der Waals surface area contributed by atoms with Crippen LogP contribution in [0.25, 0.3) is 6.08 Å². The fourth-order valence-electron chi connectivity index (χ4n) is 3.78. The first-order valence-electron chi connectivity index (χ1n) is 9.40. The minimum atomic E-state index is -0.482. The van der Waals surface area contributed by atoms with E-state index >= 15 is 0 Å². The minimum absolute atomic E-state index is 0.0922. The van der Waals surface area contributed by atoms with Crippen LogP contribution in [0.5, 0.6) is 5.75 Å². The average Bonchev–Trinajstić information content (AvgIpc) is 2.71. The average molecular weight is 363 g/mol. The molecule has 140 valence electrons. The van der Waals surface area contributed by atoms with Crippen LogP contribution in [-0.2, 0) is 4.79 Å². The van der Waals surface area contributed by atoms with Gasteiger partial charge < -0.3 is 15.4 Å². The van der Waals surface area contributed by atoms with Crippen molar-refractivity contribution in [3.63, 3.8) is 0 Å². The first-order chi connectivity index (χ1) is 13.2. The van der Waals surface area contributed by atoms with E-state index in [2.05, 4.69) is 27.7 Å². The third-order valence-electron chi connectivity index (χ3n) is 5.48. The van der Waals surface area contributed by atoms with E-state index in [1.54, 1.807) is 7.11 Å². The Morgan fingerprint density at radius 3 is 2.48 bits per heavy atom. The highest BCUT2D eigenvalue weighted by Gasteiger charge is 2.43. The molecule has 2 aliphatic rings. The molecule has 0 unspecified atom stereocenters. The Labute approximate surface area is 160 Å². The lowest BCUT2D eigenvalue weighted by molar-refractivity contribution is -0.122. The van der Waals surface area contributed by atoms with E-state index in [0.29, 0.717) is 0 Å². The number of rotatable bonds is 4. The smallest absolute Gasteiger partial charge is 0.250 e. The summed E-state index contributed by atoms with van der Waals surface area (Å²) in [5.41, 5.74) is 2.57. The van der Waals surface area contributed by atoms with Gasteiger partial charge in [-0.1, -0.05) is 36.4 Å². The zero-order valence-electron chi connectivity index (χ0n) is 15.6. The van der Waals surface area contributed by atoms with Crippen molar-refractivity contribution >= 4 is 23.4 Å². The van der Waals surface area contributed by atoms with Gasteiger partial charge in [0.2, 0.25) is 5.91 Å². The Hall–Kier alpha value is -2.79. The van der Waals surface area contributed by atoms with Gasteiger partial charge in [-0.15, -0.1) is 0 Å². The number of anilines is 2. The minimum Gasteiger partial charge on any atom is -0.497 e. The van der Waals surface area contributed by atoms with Gasteiger partial charge in [0.1, 0.15) is 11.3 Å². The van der Waals surface area contributed by atoms with Crippen molar-refractivity contribution in [1.29, 1.82) is 0 Å². The van der Waals surface area contributed by atoms with Gasteiger partial charge in [-0.05, 0) is 42.7 Å². The van der Waals surface area contributed by atoms with Crippen LogP contribution < -0.4 is 15.4 Å². The molecule has 2 heterocycles. The molecule has 1 fully saturated rings. The van der Waals surface area contributed by atoms with Crippen LogP contribution in [0.1, 0.15) is 18.4 Å². The third kappa shape index (κ3) is 3.69. The Morgan fingerprint density at radius 2 is 1.78 bits per heavy atom. The first-order valence-corrected chi connectivity index (χ1v) is 9.40. The van der Waals surface area contributed by atoms with Crippen LogP contribution in [0.4, 0.5) is 11.4 Å². The van der Waals surface area contributed by atoms with Gasteiger partial charge in [0.25, 0.3) is 0 Å². The molecule has 0 radical (unpaired) electrons. The summed E-state index contributed by atoms with van der Waals surface area (Å²) in [6.07, 6.45) is 5.93. The van der Waals surface area contributed by atoms with Crippen LogP contribution >= 0.6 is 0 Å². The van der Waals surface area contributed by atoms with E-state index in [1.165, 1.54) is 0 Å². The topological polar surface area (TPSA) is 53.6 Å². The summed E-state index contributed by atoms with van der Waals surface area (Å²) >= 11 is 0. The maximum absolute atomic E-state index is 12.7. The molecule has 5 heteroatoms. The number of hydrogen-bond donors (Lipinski definition) is 2. The van der Waals surface area contributed by atoms with Crippen LogP contribution in [0.2, 0.25) is 0 Å². The van der Waals surface area contributed by atoms with Crippen LogP contribution in [-0.4, -0.2) is 43.1 Å². The van der Waals surface area contributed by atoms with E-state index in [0.717, 1.165) is 55.2 Å². The van der Waals surface area contributed by atoms with E-state index in [9.17, 15) is 4.79 Å². The second-order valence-electron chi connectivity index (χ2n) is 7.18. The fourth-order valence-corrected chi connectivity index (χ4v) is 3.78. The zero-order chi connectivity index (χ0) is 18.7. The van der Waals surface area contributed by atoms with Gasteiger partial charge in [0.05, 0.1) is 18.5 Å². The standard InChI is InChI=1S/C22H25N3O2/c1-27-18-10-8-17(9-11-18)5-4-14-25-15-12-22(13-16-25)21(26)23-19-6-2-3-7-20(19)24-22/h2-11,24H,12-16H2,1H3,(H,23,26)/b5-4+. The molecular formula is C22H25N3O2. The molecule has 2 N–H and O–H groups in total. The number of fused-ring (bicyclic) bond motifs is 1. The molecule has 0 saturated carbocycles. The summed E-state index contributed by atoms with van der Waals surface area (Å²) in [4.78, 5) is 15.1. The summed E-state index contributed by atoms with van der Waals surface area (Å²) in [7, 11) is 1.67. The number of likely N-dealkylation sites (tertiary alicyclic amines) is 1. The second-order valence-corrected chi connectivity index (χ2v) is 7.18. The Bertz CT molecular complexity index is 837. The monoisotopic (exact) mass is 363 g/mol. The lowest BCUT2D eigenvalue weighted by Gasteiger charge is -2.44. The van der Waals surface area contributed by atoms with Gasteiger partial charge in [0, 0.05) is 19.6 Å². The third-order valence-corrected chi connectivity index (χ3v) is 5.48. The number of nitrogens with one attached hydrogen (secondary N) is 2. The molecule has 2 aliphatic heterocycles. The highest BCUT2D eigenvalue weighted by Crippen LogP contribution is 2.36. The fraction of sp³-hybridized carbons (Fsp3) is 0.318. The summed E-state index contributed by atoms with van der Waals surface area (Å²) in [5.74, 6) is 0.961. The maximum atomic E-state index is 12.7. The predicted molar refractivity (Wildman–Crippen MR) is 109 cm³/mol. The molecule has 4 rings (SSSR count). The van der Waals surface area contributed by atoms with Gasteiger partial charge >= 0.3 is 0 Å². The Balaban J connectivity index is 1.33. The normalized spacial score (nSPS) is 18.8. The van der Waals surface area contributed by atoms with Crippen LogP contribution in [0, 0.1) is 0 Å². The van der Waals surface area contributed by atoms with Crippen molar-refractivity contribution < 1.29 is 9.53 Å². The molecule has 2 aromatic rings. The highest BCUT2D eigenvalue weighted by atomic mass is 16.5. The number of benzene rings is 2. The van der Waals surface area contributed by atoms with Crippen LogP contribution in [0.3, 0.4) is 0 Å². The van der Waals surface area contributed by atoms with E-state index in [1.807, 2.05) is 48.5 Å². The highest BCUT2D eigenvalue weighted by molar-refractivity contribution is 6.06. The van der Waals surface area contributed by atoms with Gasteiger partial charge in [0.15, 0.2) is 0 Å². The SMILES string of the molecule is COc1ccc(/C=C/CN2CCC3(CC2)Nc2ccccc2NC3=O)cc1. The van der Waals surface area contributed by atoms with Crippen molar-refractivity contribution in [3.05, 3.63) is 60.2 Å². The summed E-state index contributed by atoms with van der Waals surface area (Å²) in [6.45, 7) is 2.69. The molecule has 27 heavy (non-hydrogen) atoms. The molecule has 0 bridgehead atoms. The first kappa shape index (κ1) is 17.6. The number of nitrogens with zero attached hydrogens (tertiary/aromatic N) is 1. The maximum Gasteiger partial charge on any atom is 0.250 e. The van der Waals surface area contributed by atoms with E-state index in [4.69, 9.17) is 4.74 Å². The molecule has 1 amide bonds. The van der Waals surface area contributed by atoms with Crippen molar-refractivity contribution in [2.24, 2.45) is 0 Å². The van der Waals surface area contributed by atoms with E-state index in [-0.39, 0.29) is 5.91 Å². The largest absolute Gasteiger partial charge is 0.497 e. The molecule has 2 aromatic carbocycles. The number of ether oxygens (including phenoxy) is 1. The number of amides is 1. The number of carbonyl (C=O) groups excluding carboxylic acids is 1. The molecule has 1 spiro atoms. The van der Waals surface area contributed by atoms with Gasteiger partial charge in [-0.2, -0.15) is 0 Å². The van der Waals surface area contributed by atoms with Crippen molar-refractivity contribution in [1.82, 2.24) is 4.90 Å². The summed E-state index contributed by atoms with van der Waals surface area (Å²) in [5, 5.41) is 6.57. The molecule has 0 aromatic heterocycles. The molecular weight excluding hydrogens is 338 g/mol. The molecule has 5 nitrogen and oxygen atoms in total. The van der Waals surface area contributed by atoms with Crippen LogP contribution in [0.15, 0.2) is 54.6 Å². The lowest BCUT2D eigenvalue weighted by Crippen LogP contribution is -2.58. The molecule has 0 atom stereocenters. The number of para-hydroxylation sites is 2. The second kappa shape index (κ2) is 7.45. The summed E-state index contributed by atoms with van der Waals surface area (Å²) in [6, 6.07) is 15.9. The molecule has 0 aliphatic carbocycles. The zero-order valence-corrected chi connectivity index (χ0v) is 15.6. The van der Waals surface area contributed by atoms with Gasteiger partial charge in [-0.3, -0.25) is 9.69 Å².